The molecule has 0 fully saturated rings. The average molecular weight is 446 g/mol. The van der Waals surface area contributed by atoms with Crippen LogP contribution >= 0.6 is 11.6 Å². The van der Waals surface area contributed by atoms with E-state index in [1.807, 2.05) is 32.9 Å². The van der Waals surface area contributed by atoms with E-state index in [9.17, 15) is 9.59 Å². The van der Waals surface area contributed by atoms with Crippen LogP contribution in [0.2, 0.25) is 5.02 Å². The van der Waals surface area contributed by atoms with Crippen LogP contribution in [0.5, 0.6) is 11.5 Å². The van der Waals surface area contributed by atoms with E-state index in [1.54, 1.807) is 37.4 Å². The van der Waals surface area contributed by atoms with Gasteiger partial charge in [0.05, 0.1) is 30.5 Å². The maximum atomic E-state index is 12.7. The Morgan fingerprint density at radius 1 is 1.16 bits per heavy atom. The molecule has 8 heteroatoms. The molecule has 2 aromatic carbocycles. The predicted molar refractivity (Wildman–Crippen MR) is 122 cm³/mol. The van der Waals surface area contributed by atoms with Gasteiger partial charge in [0.15, 0.2) is 11.5 Å². The second-order valence-corrected chi connectivity index (χ2v) is 7.54. The normalized spacial score (nSPS) is 11.9. The number of methoxy groups -OCH3 is 1. The van der Waals surface area contributed by atoms with Crippen molar-refractivity contribution in [2.24, 2.45) is 11.0 Å². The van der Waals surface area contributed by atoms with Crippen molar-refractivity contribution >= 4 is 29.6 Å². The molecule has 7 nitrogen and oxygen atoms in total. The second-order valence-electron chi connectivity index (χ2n) is 7.14. The zero-order chi connectivity index (χ0) is 22.8. The number of carbonyl (C=O) groups is 2. The van der Waals surface area contributed by atoms with E-state index in [0.717, 1.165) is 6.42 Å². The number of hydrogen-bond donors (Lipinski definition) is 2. The van der Waals surface area contributed by atoms with Crippen LogP contribution in [0.4, 0.5) is 0 Å². The highest BCUT2D eigenvalue weighted by Crippen LogP contribution is 2.30. The fraction of sp³-hybridized carbons (Fsp3) is 0.348. The molecule has 1 unspecified atom stereocenters. The van der Waals surface area contributed by atoms with Crippen molar-refractivity contribution in [3.8, 4) is 11.5 Å². The SMILES string of the molecule is CCCOc1c(C=NNC(=O)C(NC(=O)c2ccccc2Cl)C(C)C)cccc1OC. The number of nitrogens with zero attached hydrogens (tertiary/aromatic N) is 1. The smallest absolute Gasteiger partial charge is 0.262 e. The lowest BCUT2D eigenvalue weighted by molar-refractivity contribution is -0.123. The zero-order valence-electron chi connectivity index (χ0n) is 18.1. The number of benzene rings is 2. The Morgan fingerprint density at radius 2 is 1.90 bits per heavy atom. The topological polar surface area (TPSA) is 89.0 Å². The number of amides is 2. The van der Waals surface area contributed by atoms with Gasteiger partial charge in [-0.15, -0.1) is 0 Å². The number of ether oxygens (including phenoxy) is 2. The van der Waals surface area contributed by atoms with Crippen molar-refractivity contribution in [1.82, 2.24) is 10.7 Å². The summed E-state index contributed by atoms with van der Waals surface area (Å²) in [6.07, 6.45) is 2.32. The fourth-order valence-corrected chi connectivity index (χ4v) is 3.01. The molecule has 0 bridgehead atoms. The number of hydrogen-bond acceptors (Lipinski definition) is 5. The van der Waals surface area contributed by atoms with Crippen LogP contribution in [0.15, 0.2) is 47.6 Å². The van der Waals surface area contributed by atoms with Crippen molar-refractivity contribution in [2.45, 2.75) is 33.2 Å². The number of rotatable bonds is 10. The lowest BCUT2D eigenvalue weighted by Crippen LogP contribution is -2.48. The Hall–Kier alpha value is -3.06. The van der Waals surface area contributed by atoms with Gasteiger partial charge < -0.3 is 14.8 Å². The average Bonchev–Trinajstić information content (AvgIpc) is 2.76. The summed E-state index contributed by atoms with van der Waals surface area (Å²) >= 11 is 6.08. The minimum Gasteiger partial charge on any atom is -0.493 e. The summed E-state index contributed by atoms with van der Waals surface area (Å²) in [5, 5.41) is 7.09. The molecule has 1 atom stereocenters. The molecule has 0 spiro atoms. The first-order valence-corrected chi connectivity index (χ1v) is 10.4. The fourth-order valence-electron chi connectivity index (χ4n) is 2.79. The Bertz CT molecular complexity index is 931. The summed E-state index contributed by atoms with van der Waals surface area (Å²) in [4.78, 5) is 25.2. The van der Waals surface area contributed by atoms with Gasteiger partial charge in [-0.1, -0.05) is 50.6 Å². The summed E-state index contributed by atoms with van der Waals surface area (Å²) in [7, 11) is 1.56. The minimum atomic E-state index is -0.790. The lowest BCUT2D eigenvalue weighted by atomic mass is 10.0. The van der Waals surface area contributed by atoms with Crippen molar-refractivity contribution in [1.29, 1.82) is 0 Å². The molecule has 0 aliphatic rings. The number of hydrazone groups is 1. The molecule has 0 heterocycles. The van der Waals surface area contributed by atoms with E-state index in [0.29, 0.717) is 34.3 Å². The first-order valence-electron chi connectivity index (χ1n) is 10.1. The highest BCUT2D eigenvalue weighted by atomic mass is 35.5. The number of nitrogens with one attached hydrogen (secondary N) is 2. The van der Waals surface area contributed by atoms with Crippen LogP contribution in [0.3, 0.4) is 0 Å². The highest BCUT2D eigenvalue weighted by molar-refractivity contribution is 6.33. The van der Waals surface area contributed by atoms with Gasteiger partial charge in [-0.2, -0.15) is 5.10 Å². The first-order chi connectivity index (χ1) is 14.9. The van der Waals surface area contributed by atoms with Gasteiger partial charge in [0.1, 0.15) is 6.04 Å². The van der Waals surface area contributed by atoms with E-state index in [2.05, 4.69) is 15.8 Å². The second kappa shape index (κ2) is 12.0. The summed E-state index contributed by atoms with van der Waals surface area (Å²) in [6, 6.07) is 11.3. The molecule has 166 valence electrons. The van der Waals surface area contributed by atoms with Crippen molar-refractivity contribution < 1.29 is 19.1 Å². The maximum Gasteiger partial charge on any atom is 0.262 e. The molecule has 2 N–H and O–H groups in total. The van der Waals surface area contributed by atoms with Gasteiger partial charge in [-0.25, -0.2) is 5.43 Å². The number of carbonyl (C=O) groups excluding carboxylic acids is 2. The largest absolute Gasteiger partial charge is 0.493 e. The van der Waals surface area contributed by atoms with E-state index in [-0.39, 0.29) is 5.92 Å². The van der Waals surface area contributed by atoms with Gasteiger partial charge in [-0.3, -0.25) is 9.59 Å². The van der Waals surface area contributed by atoms with Crippen LogP contribution in [0.25, 0.3) is 0 Å². The summed E-state index contributed by atoms with van der Waals surface area (Å²) in [5.74, 6) is 0.104. The third-order valence-electron chi connectivity index (χ3n) is 4.41. The highest BCUT2D eigenvalue weighted by Gasteiger charge is 2.25. The molecule has 2 rings (SSSR count). The third-order valence-corrected chi connectivity index (χ3v) is 4.74. The van der Waals surface area contributed by atoms with E-state index in [1.165, 1.54) is 6.21 Å². The van der Waals surface area contributed by atoms with Gasteiger partial charge in [-0.05, 0) is 36.6 Å². The summed E-state index contributed by atoms with van der Waals surface area (Å²) < 4.78 is 11.1. The van der Waals surface area contributed by atoms with Crippen LogP contribution in [0, 0.1) is 5.92 Å². The molecule has 0 radical (unpaired) electrons. The molecule has 31 heavy (non-hydrogen) atoms. The molecular formula is C23H28ClN3O4. The molecular weight excluding hydrogens is 418 g/mol. The molecule has 0 saturated carbocycles. The van der Waals surface area contributed by atoms with Crippen molar-refractivity contribution in [3.63, 3.8) is 0 Å². The first kappa shape index (κ1) is 24.2. The maximum absolute atomic E-state index is 12.7. The Balaban J connectivity index is 2.11. The Kier molecular flexibility index (Phi) is 9.34. The molecule has 2 amide bonds. The molecule has 0 aliphatic carbocycles. The van der Waals surface area contributed by atoms with Crippen molar-refractivity contribution in [2.75, 3.05) is 13.7 Å². The van der Waals surface area contributed by atoms with Gasteiger partial charge in [0.2, 0.25) is 0 Å². The molecule has 0 saturated heterocycles. The molecule has 0 aliphatic heterocycles. The van der Waals surface area contributed by atoms with Crippen LogP contribution in [0.1, 0.15) is 43.1 Å². The Morgan fingerprint density at radius 3 is 2.55 bits per heavy atom. The van der Waals surface area contributed by atoms with Gasteiger partial charge in [0, 0.05) is 5.56 Å². The van der Waals surface area contributed by atoms with E-state index in [4.69, 9.17) is 21.1 Å². The standard InChI is InChI=1S/C23H28ClN3O4/c1-5-13-31-21-16(9-8-12-19(21)30-4)14-25-27-23(29)20(15(2)3)26-22(28)17-10-6-7-11-18(17)24/h6-12,14-15,20H,5,13H2,1-4H3,(H,26,28)(H,27,29). The quantitative estimate of drug-likeness (QED) is 0.426. The van der Waals surface area contributed by atoms with Crippen LogP contribution in [-0.2, 0) is 4.79 Å². The summed E-state index contributed by atoms with van der Waals surface area (Å²) in [6.45, 7) is 6.20. The third kappa shape index (κ3) is 6.72. The van der Waals surface area contributed by atoms with Crippen molar-refractivity contribution in [3.05, 3.63) is 58.6 Å². The zero-order valence-corrected chi connectivity index (χ0v) is 18.9. The summed E-state index contributed by atoms with van der Waals surface area (Å²) in [5.41, 5.74) is 3.46. The van der Waals surface area contributed by atoms with Gasteiger partial charge >= 0.3 is 0 Å². The Labute approximate surface area is 187 Å². The van der Waals surface area contributed by atoms with Crippen LogP contribution in [-0.4, -0.2) is 37.8 Å². The monoisotopic (exact) mass is 445 g/mol. The minimum absolute atomic E-state index is 0.165. The number of halogens is 1. The molecule has 2 aromatic rings. The number of para-hydroxylation sites is 1. The lowest BCUT2D eigenvalue weighted by Gasteiger charge is -2.20. The van der Waals surface area contributed by atoms with E-state index >= 15 is 0 Å². The predicted octanol–water partition coefficient (Wildman–Crippen LogP) is 4.04. The van der Waals surface area contributed by atoms with Crippen LogP contribution < -0.4 is 20.2 Å². The van der Waals surface area contributed by atoms with E-state index < -0.39 is 17.9 Å². The van der Waals surface area contributed by atoms with Gasteiger partial charge in [0.25, 0.3) is 11.8 Å². The molecule has 0 aromatic heterocycles.